The highest BCUT2D eigenvalue weighted by molar-refractivity contribution is 5.82. The molecule has 32 heavy (non-hydrogen) atoms. The molecule has 2 unspecified atom stereocenters. The minimum atomic E-state index is 0.364. The molecule has 0 radical (unpaired) electrons. The molecule has 1 aliphatic heterocycles. The first-order chi connectivity index (χ1) is 15.6. The van der Waals surface area contributed by atoms with Gasteiger partial charge in [-0.1, -0.05) is 43.7 Å². The first-order valence-electron chi connectivity index (χ1n) is 13.0. The summed E-state index contributed by atoms with van der Waals surface area (Å²) >= 11 is 0. The second-order valence-electron chi connectivity index (χ2n) is 11.9. The number of aromatic nitrogens is 1. The Morgan fingerprint density at radius 2 is 2.03 bits per heavy atom. The molecule has 6 atom stereocenters. The monoisotopic (exact) mass is 424 g/mol. The van der Waals surface area contributed by atoms with Crippen molar-refractivity contribution in [1.29, 1.82) is 0 Å². The summed E-state index contributed by atoms with van der Waals surface area (Å²) in [5.41, 5.74) is 6.25. The fraction of sp³-hybridized carbons (Fsp3) is 0.567. The van der Waals surface area contributed by atoms with Crippen LogP contribution in [0, 0.1) is 28.1 Å². The van der Waals surface area contributed by atoms with Crippen LogP contribution >= 0.6 is 0 Å². The molecule has 1 aromatic carbocycles. The summed E-state index contributed by atoms with van der Waals surface area (Å²) in [7, 11) is 0. The maximum atomic E-state index is 4.40. The normalized spacial score (nSPS) is 42.5. The molecular formula is C30H36N2. The number of nitrogens with one attached hydrogen (secondary N) is 1. The number of nitrogens with zero attached hydrogens (tertiary/aromatic N) is 1. The van der Waals surface area contributed by atoms with Gasteiger partial charge < -0.3 is 5.32 Å². The van der Waals surface area contributed by atoms with Gasteiger partial charge in [-0.2, -0.15) is 0 Å². The Morgan fingerprint density at radius 3 is 2.97 bits per heavy atom. The van der Waals surface area contributed by atoms with Gasteiger partial charge in [0.25, 0.3) is 0 Å². The van der Waals surface area contributed by atoms with Gasteiger partial charge in [0, 0.05) is 35.2 Å². The lowest BCUT2D eigenvalue weighted by Gasteiger charge is -2.57. The highest BCUT2D eigenvalue weighted by atomic mass is 14.9. The van der Waals surface area contributed by atoms with Crippen molar-refractivity contribution < 1.29 is 0 Å². The third kappa shape index (κ3) is 2.28. The van der Waals surface area contributed by atoms with Crippen LogP contribution in [0.5, 0.6) is 0 Å². The fourth-order valence-corrected chi connectivity index (χ4v) is 9.54. The molecule has 2 spiro atoms. The number of rotatable bonds is 1. The van der Waals surface area contributed by atoms with Gasteiger partial charge in [-0.25, -0.2) is 0 Å². The molecule has 7 rings (SSSR count). The maximum Gasteiger partial charge on any atom is 0.0346 e. The summed E-state index contributed by atoms with van der Waals surface area (Å²) in [5.74, 6) is 2.22. The van der Waals surface area contributed by atoms with Crippen molar-refractivity contribution in [3.8, 4) is 0 Å². The van der Waals surface area contributed by atoms with Crippen LogP contribution in [-0.4, -0.2) is 18.1 Å². The zero-order valence-corrected chi connectivity index (χ0v) is 19.7. The molecule has 0 amide bonds. The molecule has 166 valence electrons. The summed E-state index contributed by atoms with van der Waals surface area (Å²) in [6.45, 7) is 7.69. The maximum absolute atomic E-state index is 4.40. The van der Waals surface area contributed by atoms with Gasteiger partial charge in [-0.15, -0.1) is 0 Å². The highest BCUT2D eigenvalue weighted by Gasteiger charge is 2.68. The molecule has 2 heteroatoms. The van der Waals surface area contributed by atoms with E-state index in [2.05, 4.69) is 60.6 Å². The molecule has 2 aromatic rings. The Labute approximate surface area is 192 Å². The average Bonchev–Trinajstić information content (AvgIpc) is 3.14. The van der Waals surface area contributed by atoms with Crippen LogP contribution in [0.3, 0.4) is 0 Å². The van der Waals surface area contributed by atoms with Gasteiger partial charge in [-0.05, 0) is 103 Å². The number of hydrogen-bond acceptors (Lipinski definition) is 2. The average molecular weight is 425 g/mol. The van der Waals surface area contributed by atoms with E-state index >= 15 is 0 Å². The van der Waals surface area contributed by atoms with Crippen LogP contribution in [0.4, 0.5) is 0 Å². The van der Waals surface area contributed by atoms with Crippen LogP contribution in [0.25, 0.3) is 10.8 Å². The molecule has 2 heterocycles. The molecule has 5 aliphatic rings. The zero-order valence-electron chi connectivity index (χ0n) is 19.7. The van der Waals surface area contributed by atoms with E-state index in [4.69, 9.17) is 0 Å². The van der Waals surface area contributed by atoms with Crippen LogP contribution in [0.2, 0.25) is 0 Å². The summed E-state index contributed by atoms with van der Waals surface area (Å²) in [5, 5.41) is 6.45. The van der Waals surface area contributed by atoms with E-state index in [9.17, 15) is 0 Å². The van der Waals surface area contributed by atoms with E-state index in [1.807, 2.05) is 12.4 Å². The summed E-state index contributed by atoms with van der Waals surface area (Å²) in [6, 6.07) is 9.33. The van der Waals surface area contributed by atoms with E-state index in [-0.39, 0.29) is 0 Å². The van der Waals surface area contributed by atoms with Crippen molar-refractivity contribution >= 4 is 10.8 Å². The van der Waals surface area contributed by atoms with Crippen LogP contribution < -0.4 is 5.32 Å². The topological polar surface area (TPSA) is 24.9 Å². The largest absolute Gasteiger partial charge is 0.316 e. The number of pyridine rings is 1. The minimum absolute atomic E-state index is 0.364. The van der Waals surface area contributed by atoms with Crippen molar-refractivity contribution in [2.45, 2.75) is 64.7 Å². The molecule has 2 bridgehead atoms. The standard InChI is InChI=1S/C30H36N2/c1-20-29-12-13-30(20)25(17-24(29)4-3-14-32-19-29)9-11-28(2)26(7-8-27(28)30)22-6-5-21-10-15-31-18-23(21)16-22/h5-6,9-10,15-18,20,26-27,32H,3-4,7-8,11-14,19H2,1-2H3/t20?,26-,27-,28-,29+,30?/m1/s1. The predicted molar refractivity (Wildman–Crippen MR) is 131 cm³/mol. The van der Waals surface area contributed by atoms with Gasteiger partial charge in [0.2, 0.25) is 0 Å². The summed E-state index contributed by atoms with van der Waals surface area (Å²) in [4.78, 5) is 4.40. The van der Waals surface area contributed by atoms with Gasteiger partial charge in [0.1, 0.15) is 0 Å². The van der Waals surface area contributed by atoms with Gasteiger partial charge in [0.15, 0.2) is 0 Å². The zero-order chi connectivity index (χ0) is 21.6. The van der Waals surface area contributed by atoms with Crippen molar-refractivity contribution in [3.05, 3.63) is 65.5 Å². The van der Waals surface area contributed by atoms with Gasteiger partial charge in [-0.3, -0.25) is 4.98 Å². The molecule has 4 aliphatic carbocycles. The Bertz CT molecular complexity index is 1160. The van der Waals surface area contributed by atoms with Gasteiger partial charge >= 0.3 is 0 Å². The summed E-state index contributed by atoms with van der Waals surface area (Å²) in [6.07, 6.45) is 18.7. The number of fused-ring (bicyclic) bond motifs is 2. The number of hydrogen-bond donors (Lipinski definition) is 1. The van der Waals surface area contributed by atoms with Crippen molar-refractivity contribution in [2.24, 2.45) is 28.1 Å². The van der Waals surface area contributed by atoms with Crippen molar-refractivity contribution in [2.75, 3.05) is 13.1 Å². The molecule has 2 nitrogen and oxygen atoms in total. The van der Waals surface area contributed by atoms with E-state index in [0.717, 1.165) is 11.8 Å². The summed E-state index contributed by atoms with van der Waals surface area (Å²) < 4.78 is 0. The first-order valence-corrected chi connectivity index (χ1v) is 13.0. The third-order valence-electron chi connectivity index (χ3n) is 11.1. The molecule has 2 saturated carbocycles. The van der Waals surface area contributed by atoms with Crippen molar-refractivity contribution in [1.82, 2.24) is 10.3 Å². The SMILES string of the molecule is CC1C23CC[C@]14CNCCCC4=CC2=CC[C@]1(C)[C@@H](c2ccc4ccncc4c2)CC[C@@H]31. The van der Waals surface area contributed by atoms with Gasteiger partial charge in [0.05, 0.1) is 0 Å². The molecule has 1 N–H and O–H groups in total. The molecule has 1 saturated heterocycles. The highest BCUT2D eigenvalue weighted by Crippen LogP contribution is 2.75. The van der Waals surface area contributed by atoms with E-state index < -0.39 is 0 Å². The lowest BCUT2D eigenvalue weighted by Crippen LogP contribution is -2.51. The molecular weight excluding hydrogens is 388 g/mol. The quantitative estimate of drug-likeness (QED) is 0.545. The predicted octanol–water partition coefficient (Wildman–Crippen LogP) is 6.79. The lowest BCUT2D eigenvalue weighted by molar-refractivity contribution is 0.0168. The van der Waals surface area contributed by atoms with Crippen LogP contribution in [0.1, 0.15) is 70.3 Å². The number of allylic oxidation sites excluding steroid dienone is 3. The lowest BCUT2D eigenvalue weighted by atomic mass is 9.47. The smallest absolute Gasteiger partial charge is 0.0346 e. The first kappa shape index (κ1) is 19.5. The molecule has 1 aromatic heterocycles. The second kappa shape index (κ2) is 6.56. The Balaban J connectivity index is 1.33. The molecule has 3 fully saturated rings. The Hall–Kier alpha value is -1.93. The van der Waals surface area contributed by atoms with Crippen LogP contribution in [-0.2, 0) is 0 Å². The van der Waals surface area contributed by atoms with E-state index in [0.29, 0.717) is 22.2 Å². The Morgan fingerprint density at radius 1 is 1.09 bits per heavy atom. The minimum Gasteiger partial charge on any atom is -0.316 e. The van der Waals surface area contributed by atoms with E-state index in [1.54, 1.807) is 16.7 Å². The Kier molecular flexibility index (Phi) is 4.01. The number of benzene rings is 1. The third-order valence-corrected chi connectivity index (χ3v) is 11.1. The van der Waals surface area contributed by atoms with E-state index in [1.165, 1.54) is 68.8 Å². The fourth-order valence-electron chi connectivity index (χ4n) is 9.54. The second-order valence-corrected chi connectivity index (χ2v) is 11.9. The van der Waals surface area contributed by atoms with Crippen LogP contribution in [0.15, 0.2) is 60.0 Å². The van der Waals surface area contributed by atoms with Crippen molar-refractivity contribution in [3.63, 3.8) is 0 Å².